The maximum atomic E-state index is 2.28. The Labute approximate surface area is 508 Å². The summed E-state index contributed by atoms with van der Waals surface area (Å²) in [6.07, 6.45) is 0. The standard InChI is InChI=1S/5C15H12.C11H16/c1-11-14-8-4-2-6-12(14)10-13-7-3-5-9-15(11)13;1-11-10-12-6-2-3-8-14(12)15-9-5-4-7-13(11)15;1-11-5-4-8-14-9-12-6-2-3-7-13(12)10-15(11)14;1-11-6-9-15-13(10-11)8-7-12-4-2-3-5-14(12)15;1-11-6-7-14-9-12-4-2-3-5-13(12)10-15(14)8-11;1-9-5-7-10(8-6-9)11(2,3)4/h5*2-10H,1H3;5-8H,1-4H3. The molecule has 0 aliphatic heterocycles. The third-order valence-corrected chi connectivity index (χ3v) is 16.7. The fourth-order valence-corrected chi connectivity index (χ4v) is 11.9. The quantitative estimate of drug-likeness (QED) is 0.105. The summed E-state index contributed by atoms with van der Waals surface area (Å²) in [5.74, 6) is 0. The van der Waals surface area contributed by atoms with Gasteiger partial charge in [0, 0.05) is 0 Å². The zero-order valence-electron chi connectivity index (χ0n) is 51.3. The first kappa shape index (κ1) is 57.9. The first-order valence-corrected chi connectivity index (χ1v) is 30.2. The van der Waals surface area contributed by atoms with Crippen LogP contribution in [0.2, 0.25) is 0 Å². The van der Waals surface area contributed by atoms with Crippen LogP contribution in [0.5, 0.6) is 0 Å². The van der Waals surface area contributed by atoms with E-state index >= 15 is 0 Å². The van der Waals surface area contributed by atoms with E-state index in [4.69, 9.17) is 0 Å². The van der Waals surface area contributed by atoms with Crippen molar-refractivity contribution in [3.63, 3.8) is 0 Å². The fraction of sp³-hybridized carbons (Fsp3) is 0.116. The van der Waals surface area contributed by atoms with Gasteiger partial charge in [-0.3, -0.25) is 0 Å². The molecule has 0 amide bonds. The monoisotopic (exact) mass is 1110 g/mol. The van der Waals surface area contributed by atoms with Crippen LogP contribution in [-0.4, -0.2) is 0 Å². The number of aryl methyl sites for hydroxylation is 6. The lowest BCUT2D eigenvalue weighted by Gasteiger charge is -2.18. The average Bonchev–Trinajstić information content (AvgIpc) is 2.91. The molecule has 16 aromatic carbocycles. The van der Waals surface area contributed by atoms with Gasteiger partial charge < -0.3 is 0 Å². The Hall–Kier alpha value is -9.88. The maximum absolute atomic E-state index is 2.28. The molecule has 0 atom stereocenters. The third kappa shape index (κ3) is 13.4. The number of fused-ring (bicyclic) bond motifs is 12. The fourth-order valence-electron chi connectivity index (χ4n) is 11.9. The van der Waals surface area contributed by atoms with Crippen LogP contribution in [0.3, 0.4) is 0 Å². The SMILES string of the molecule is Cc1c2ccccc2cc2ccccc12.Cc1cc2ccccc2c2ccccc12.Cc1ccc(C(C)(C)C)cc1.Cc1ccc2c(ccc3ccccc32)c1.Cc1ccc2cc3ccccc3cc2c1.Cc1cccc2cc3ccccc3cc12. The summed E-state index contributed by atoms with van der Waals surface area (Å²) in [7, 11) is 0. The second-order valence-electron chi connectivity index (χ2n) is 24.1. The molecule has 16 aromatic rings. The smallest absolute Gasteiger partial charge is 0.0103 e. The van der Waals surface area contributed by atoms with Crippen LogP contribution in [0, 0.1) is 41.5 Å². The van der Waals surface area contributed by atoms with Crippen molar-refractivity contribution in [2.24, 2.45) is 0 Å². The molecule has 0 spiro atoms. The van der Waals surface area contributed by atoms with E-state index in [-0.39, 0.29) is 5.41 Å². The van der Waals surface area contributed by atoms with Crippen LogP contribution in [0.1, 0.15) is 59.7 Å². The van der Waals surface area contributed by atoms with Gasteiger partial charge in [-0.15, -0.1) is 0 Å². The lowest BCUT2D eigenvalue weighted by Crippen LogP contribution is -2.10. The first-order valence-electron chi connectivity index (χ1n) is 30.2. The number of rotatable bonds is 0. The Kier molecular flexibility index (Phi) is 17.5. The maximum Gasteiger partial charge on any atom is -0.0103 e. The molecular formula is C86H76. The molecular weight excluding hydrogens is 1030 g/mol. The van der Waals surface area contributed by atoms with Crippen LogP contribution < -0.4 is 0 Å². The van der Waals surface area contributed by atoms with Crippen molar-refractivity contribution in [1.29, 1.82) is 0 Å². The molecule has 0 fully saturated rings. The predicted octanol–water partition coefficient (Wildman–Crippen LogP) is 24.8. The molecule has 0 saturated heterocycles. The van der Waals surface area contributed by atoms with Crippen molar-refractivity contribution in [2.45, 2.75) is 67.7 Å². The molecule has 0 unspecified atom stereocenters. The van der Waals surface area contributed by atoms with Crippen molar-refractivity contribution in [1.82, 2.24) is 0 Å². The Morgan fingerprint density at radius 3 is 1.10 bits per heavy atom. The molecule has 86 heavy (non-hydrogen) atoms. The second kappa shape index (κ2) is 25.9. The average molecular weight is 1110 g/mol. The molecule has 0 heterocycles. The van der Waals surface area contributed by atoms with Crippen LogP contribution in [-0.2, 0) is 5.41 Å². The van der Waals surface area contributed by atoms with Crippen molar-refractivity contribution in [3.05, 3.63) is 336 Å². The van der Waals surface area contributed by atoms with E-state index < -0.39 is 0 Å². The van der Waals surface area contributed by atoms with Gasteiger partial charge >= 0.3 is 0 Å². The van der Waals surface area contributed by atoms with Crippen molar-refractivity contribution in [3.8, 4) is 0 Å². The number of hydrogen-bond donors (Lipinski definition) is 0. The molecule has 0 nitrogen and oxygen atoms in total. The molecule has 420 valence electrons. The number of hydrogen-bond acceptors (Lipinski definition) is 0. The summed E-state index contributed by atoms with van der Waals surface area (Å²) >= 11 is 0. The zero-order valence-corrected chi connectivity index (χ0v) is 51.3. The largest absolute Gasteiger partial charge is 0.0616 e. The topological polar surface area (TPSA) is 0 Å². The van der Waals surface area contributed by atoms with Gasteiger partial charge in [0.05, 0.1) is 0 Å². The van der Waals surface area contributed by atoms with Gasteiger partial charge in [-0.2, -0.15) is 0 Å². The minimum atomic E-state index is 0.285. The minimum Gasteiger partial charge on any atom is -0.0616 e. The van der Waals surface area contributed by atoms with Gasteiger partial charge in [0.25, 0.3) is 0 Å². The summed E-state index contributed by atoms with van der Waals surface area (Å²) in [6.45, 7) is 19.6. The van der Waals surface area contributed by atoms with Crippen LogP contribution in [0.4, 0.5) is 0 Å². The summed E-state index contributed by atoms with van der Waals surface area (Å²) in [5.41, 5.74) is 9.73. The molecule has 0 aliphatic rings. The van der Waals surface area contributed by atoms with Gasteiger partial charge in [-0.1, -0.05) is 304 Å². The van der Waals surface area contributed by atoms with E-state index in [0.29, 0.717) is 0 Å². The van der Waals surface area contributed by atoms with Crippen LogP contribution in [0.25, 0.3) is 108 Å². The molecule has 0 radical (unpaired) electrons. The van der Waals surface area contributed by atoms with E-state index in [1.54, 1.807) is 0 Å². The highest BCUT2D eigenvalue weighted by molar-refractivity contribution is 6.10. The van der Waals surface area contributed by atoms with Gasteiger partial charge in [0.2, 0.25) is 0 Å². The van der Waals surface area contributed by atoms with Gasteiger partial charge in [0.1, 0.15) is 0 Å². The highest BCUT2D eigenvalue weighted by atomic mass is 14.2. The van der Waals surface area contributed by atoms with E-state index in [0.717, 1.165) is 0 Å². The zero-order chi connectivity index (χ0) is 59.7. The Balaban J connectivity index is 0.000000108. The minimum absolute atomic E-state index is 0.285. The van der Waals surface area contributed by atoms with Gasteiger partial charge in [-0.25, -0.2) is 0 Å². The summed E-state index contributed by atoms with van der Waals surface area (Å²) < 4.78 is 0. The lowest BCUT2D eigenvalue weighted by atomic mass is 9.87. The molecule has 0 aliphatic carbocycles. The molecule has 0 aromatic heterocycles. The van der Waals surface area contributed by atoms with Crippen molar-refractivity contribution in [2.75, 3.05) is 0 Å². The molecule has 0 bridgehead atoms. The Bertz CT molecular complexity index is 4910. The van der Waals surface area contributed by atoms with E-state index in [2.05, 4.69) is 360 Å². The third-order valence-electron chi connectivity index (χ3n) is 16.7. The van der Waals surface area contributed by atoms with Gasteiger partial charge in [0.15, 0.2) is 0 Å². The van der Waals surface area contributed by atoms with E-state index in [1.807, 2.05) is 0 Å². The highest BCUT2D eigenvalue weighted by Gasteiger charge is 2.12. The molecule has 0 heteroatoms. The van der Waals surface area contributed by atoms with Crippen LogP contribution in [0.15, 0.2) is 297 Å². The van der Waals surface area contributed by atoms with Crippen molar-refractivity contribution < 1.29 is 0 Å². The second-order valence-corrected chi connectivity index (χ2v) is 24.1. The number of benzene rings is 16. The highest BCUT2D eigenvalue weighted by Crippen LogP contribution is 2.31. The lowest BCUT2D eigenvalue weighted by molar-refractivity contribution is 0.590. The predicted molar refractivity (Wildman–Crippen MR) is 381 cm³/mol. The molecule has 0 saturated carbocycles. The summed E-state index contributed by atoms with van der Waals surface area (Å²) in [6, 6.07) is 106. The molecule has 16 rings (SSSR count). The Morgan fingerprint density at radius 2 is 0.523 bits per heavy atom. The normalized spacial score (nSPS) is 11.1. The first-order chi connectivity index (χ1) is 41.7. The summed E-state index contributed by atoms with van der Waals surface area (Å²) in [5, 5.41) is 26.7. The van der Waals surface area contributed by atoms with E-state index in [1.165, 1.54) is 147 Å². The van der Waals surface area contributed by atoms with Crippen LogP contribution >= 0.6 is 0 Å². The summed E-state index contributed by atoms with van der Waals surface area (Å²) in [4.78, 5) is 0. The Morgan fingerprint density at radius 1 is 0.186 bits per heavy atom. The molecule has 0 N–H and O–H groups in total. The van der Waals surface area contributed by atoms with Gasteiger partial charge in [-0.05, 0) is 207 Å². The van der Waals surface area contributed by atoms with E-state index in [9.17, 15) is 0 Å². The van der Waals surface area contributed by atoms with Crippen molar-refractivity contribution >= 4 is 108 Å².